The van der Waals surface area contributed by atoms with Crippen molar-refractivity contribution in [2.45, 2.75) is 6.54 Å². The number of para-hydroxylation sites is 1. The highest BCUT2D eigenvalue weighted by Crippen LogP contribution is 2.21. The highest BCUT2D eigenvalue weighted by atomic mass is 16.5. The fraction of sp³-hybridized carbons (Fsp3) is 0.222. The van der Waals surface area contributed by atoms with Crippen molar-refractivity contribution in [3.8, 4) is 5.75 Å². The molecule has 0 radical (unpaired) electrons. The third kappa shape index (κ3) is 3.97. The van der Waals surface area contributed by atoms with Crippen LogP contribution in [-0.4, -0.2) is 38.5 Å². The van der Waals surface area contributed by atoms with E-state index in [1.54, 1.807) is 49.2 Å². The number of methoxy groups -OCH3 is 1. The monoisotopic (exact) mass is 368 g/mol. The molecule has 2 heterocycles. The number of aryl methyl sites for hydroxylation is 2. The number of hydrogen-bond acceptors (Lipinski definition) is 5. The summed E-state index contributed by atoms with van der Waals surface area (Å²) in [6.07, 6.45) is 4.92. The Balaban J connectivity index is 1.75. The third-order valence-corrected chi connectivity index (χ3v) is 3.97. The van der Waals surface area contributed by atoms with E-state index in [-0.39, 0.29) is 17.5 Å². The average Bonchev–Trinajstić information content (AvgIpc) is 3.25. The van der Waals surface area contributed by atoms with Gasteiger partial charge in [-0.25, -0.2) is 0 Å². The van der Waals surface area contributed by atoms with Gasteiger partial charge in [-0.15, -0.1) is 0 Å². The number of ether oxygens (including phenoxy) is 1. The molecule has 0 saturated heterocycles. The lowest BCUT2D eigenvalue weighted by atomic mass is 10.2. The van der Waals surface area contributed by atoms with E-state index in [0.29, 0.717) is 23.5 Å². The summed E-state index contributed by atoms with van der Waals surface area (Å²) in [7, 11) is 4.93. The first-order valence-corrected chi connectivity index (χ1v) is 8.21. The molecule has 0 spiro atoms. The van der Waals surface area contributed by atoms with Crippen LogP contribution < -0.4 is 15.4 Å². The summed E-state index contributed by atoms with van der Waals surface area (Å²) >= 11 is 0. The molecule has 3 rings (SSSR count). The van der Waals surface area contributed by atoms with Crippen LogP contribution in [0.25, 0.3) is 0 Å². The van der Waals surface area contributed by atoms with Gasteiger partial charge in [0.1, 0.15) is 11.4 Å². The maximum atomic E-state index is 12.6. The van der Waals surface area contributed by atoms with Crippen molar-refractivity contribution in [2.24, 2.45) is 14.1 Å². The Bertz CT molecular complexity index is 975. The molecule has 0 fully saturated rings. The van der Waals surface area contributed by atoms with Crippen LogP contribution in [-0.2, 0) is 20.6 Å². The van der Waals surface area contributed by atoms with E-state index in [1.165, 1.54) is 18.0 Å². The molecular formula is C18H20N6O3. The highest BCUT2D eigenvalue weighted by Gasteiger charge is 2.20. The largest absolute Gasteiger partial charge is 0.496 e. The predicted octanol–water partition coefficient (Wildman–Crippen LogP) is 1.34. The van der Waals surface area contributed by atoms with Crippen LogP contribution in [0.5, 0.6) is 5.75 Å². The van der Waals surface area contributed by atoms with Crippen molar-refractivity contribution in [3.05, 3.63) is 59.7 Å². The summed E-state index contributed by atoms with van der Waals surface area (Å²) in [5.41, 5.74) is 1.80. The SMILES string of the molecule is COc1ccccc1C(=O)Nc1cnn(C)c1C(=O)NCc1cnn(C)c1. The summed E-state index contributed by atoms with van der Waals surface area (Å²) in [6, 6.07) is 6.85. The first-order valence-electron chi connectivity index (χ1n) is 8.21. The first kappa shape index (κ1) is 18.2. The molecule has 0 aliphatic carbocycles. The highest BCUT2D eigenvalue weighted by molar-refractivity contribution is 6.09. The Morgan fingerprint density at radius 1 is 1.11 bits per heavy atom. The molecule has 0 atom stereocenters. The van der Waals surface area contributed by atoms with Crippen molar-refractivity contribution in [3.63, 3.8) is 0 Å². The van der Waals surface area contributed by atoms with Crippen LogP contribution in [0.3, 0.4) is 0 Å². The molecule has 27 heavy (non-hydrogen) atoms. The molecule has 0 unspecified atom stereocenters. The van der Waals surface area contributed by atoms with E-state index in [1.807, 2.05) is 6.20 Å². The lowest BCUT2D eigenvalue weighted by Crippen LogP contribution is -2.26. The van der Waals surface area contributed by atoms with E-state index in [4.69, 9.17) is 4.74 Å². The number of hydrogen-bond donors (Lipinski definition) is 2. The van der Waals surface area contributed by atoms with Gasteiger partial charge < -0.3 is 15.4 Å². The maximum absolute atomic E-state index is 12.6. The third-order valence-electron chi connectivity index (χ3n) is 3.97. The van der Waals surface area contributed by atoms with Crippen LogP contribution in [0.15, 0.2) is 42.9 Å². The molecule has 9 nitrogen and oxygen atoms in total. The van der Waals surface area contributed by atoms with Gasteiger partial charge in [-0.3, -0.25) is 19.0 Å². The zero-order chi connectivity index (χ0) is 19.4. The smallest absolute Gasteiger partial charge is 0.271 e. The zero-order valence-electron chi connectivity index (χ0n) is 15.3. The molecule has 140 valence electrons. The molecule has 0 aliphatic rings. The van der Waals surface area contributed by atoms with E-state index in [9.17, 15) is 9.59 Å². The number of aromatic nitrogens is 4. The molecule has 3 aromatic rings. The van der Waals surface area contributed by atoms with Crippen LogP contribution in [0, 0.1) is 0 Å². The number of carbonyl (C=O) groups is 2. The average molecular weight is 368 g/mol. The van der Waals surface area contributed by atoms with Gasteiger partial charge in [0.15, 0.2) is 0 Å². The molecular weight excluding hydrogens is 348 g/mol. The Morgan fingerprint density at radius 2 is 1.89 bits per heavy atom. The van der Waals surface area contributed by atoms with Crippen LogP contribution in [0.2, 0.25) is 0 Å². The number of amides is 2. The fourth-order valence-electron chi connectivity index (χ4n) is 2.65. The van der Waals surface area contributed by atoms with Crippen LogP contribution in [0.1, 0.15) is 26.4 Å². The molecule has 2 aromatic heterocycles. The Labute approximate surface area is 155 Å². The fourth-order valence-corrected chi connectivity index (χ4v) is 2.65. The minimum atomic E-state index is -0.387. The summed E-state index contributed by atoms with van der Waals surface area (Å²) in [5, 5.41) is 13.7. The molecule has 0 aliphatic heterocycles. The number of anilines is 1. The maximum Gasteiger partial charge on any atom is 0.271 e. The number of rotatable bonds is 6. The second-order valence-electron chi connectivity index (χ2n) is 5.89. The van der Waals surface area contributed by atoms with Gasteiger partial charge in [0.25, 0.3) is 11.8 Å². The van der Waals surface area contributed by atoms with Crippen LogP contribution >= 0.6 is 0 Å². The van der Waals surface area contributed by atoms with Crippen molar-refractivity contribution >= 4 is 17.5 Å². The van der Waals surface area contributed by atoms with E-state index >= 15 is 0 Å². The number of nitrogens with zero attached hydrogens (tertiary/aromatic N) is 4. The number of carbonyl (C=O) groups excluding carboxylic acids is 2. The van der Waals surface area contributed by atoms with Gasteiger partial charge in [0.05, 0.1) is 30.8 Å². The normalized spacial score (nSPS) is 10.5. The molecule has 1 aromatic carbocycles. The van der Waals surface area contributed by atoms with Gasteiger partial charge in [0.2, 0.25) is 0 Å². The zero-order valence-corrected chi connectivity index (χ0v) is 15.3. The van der Waals surface area contributed by atoms with Crippen molar-refractivity contribution in [1.82, 2.24) is 24.9 Å². The van der Waals surface area contributed by atoms with Crippen molar-refractivity contribution in [2.75, 3.05) is 12.4 Å². The summed E-state index contributed by atoms with van der Waals surface area (Å²) in [5.74, 6) is -0.294. The Morgan fingerprint density at radius 3 is 2.59 bits per heavy atom. The molecule has 2 amide bonds. The first-order chi connectivity index (χ1) is 13.0. The predicted molar refractivity (Wildman–Crippen MR) is 98.5 cm³/mol. The van der Waals surface area contributed by atoms with Gasteiger partial charge in [-0.05, 0) is 12.1 Å². The van der Waals surface area contributed by atoms with Gasteiger partial charge in [-0.2, -0.15) is 10.2 Å². The minimum Gasteiger partial charge on any atom is -0.496 e. The second kappa shape index (κ2) is 7.73. The molecule has 2 N–H and O–H groups in total. The lowest BCUT2D eigenvalue weighted by molar-refractivity contribution is 0.0942. The minimum absolute atomic E-state index is 0.252. The standard InChI is InChI=1S/C18H20N6O3/c1-23-11-12(9-20-23)8-19-18(26)16-14(10-21-24(16)2)22-17(25)13-6-4-5-7-15(13)27-3/h4-7,9-11H,8H2,1-3H3,(H,19,26)(H,22,25). The molecule has 0 bridgehead atoms. The number of nitrogens with one attached hydrogen (secondary N) is 2. The van der Waals surface area contributed by atoms with E-state index in [0.717, 1.165) is 5.56 Å². The van der Waals surface area contributed by atoms with Gasteiger partial charge in [-0.1, -0.05) is 12.1 Å². The van der Waals surface area contributed by atoms with Crippen LogP contribution in [0.4, 0.5) is 5.69 Å². The summed E-state index contributed by atoms with van der Waals surface area (Å²) < 4.78 is 8.28. The quantitative estimate of drug-likeness (QED) is 0.684. The van der Waals surface area contributed by atoms with E-state index < -0.39 is 0 Å². The summed E-state index contributed by atoms with van der Waals surface area (Å²) in [4.78, 5) is 25.2. The second-order valence-corrected chi connectivity index (χ2v) is 5.89. The van der Waals surface area contributed by atoms with Gasteiger partial charge in [0, 0.05) is 32.4 Å². The van der Waals surface area contributed by atoms with Crippen molar-refractivity contribution < 1.29 is 14.3 Å². The Hall–Kier alpha value is -3.62. The summed E-state index contributed by atoms with van der Waals surface area (Å²) in [6.45, 7) is 0.317. The van der Waals surface area contributed by atoms with Gasteiger partial charge >= 0.3 is 0 Å². The lowest BCUT2D eigenvalue weighted by Gasteiger charge is -2.10. The topological polar surface area (TPSA) is 103 Å². The Kier molecular flexibility index (Phi) is 5.20. The van der Waals surface area contributed by atoms with E-state index in [2.05, 4.69) is 20.8 Å². The molecule has 9 heteroatoms. The number of benzene rings is 1. The van der Waals surface area contributed by atoms with Crippen molar-refractivity contribution in [1.29, 1.82) is 0 Å². The molecule has 0 saturated carbocycles.